The first kappa shape index (κ1) is 9.83. The van der Waals surface area contributed by atoms with Gasteiger partial charge >= 0.3 is 6.03 Å². The number of nitrogens with one attached hydrogen (secondary N) is 1. The molecule has 1 aliphatic rings. The van der Waals surface area contributed by atoms with Crippen LogP contribution in [0.2, 0.25) is 0 Å². The summed E-state index contributed by atoms with van der Waals surface area (Å²) in [5.41, 5.74) is 0. The molecule has 5 heteroatoms. The van der Waals surface area contributed by atoms with Crippen molar-refractivity contribution in [3.63, 3.8) is 0 Å². The minimum Gasteiger partial charge on any atom is -0.345 e. The first-order chi connectivity index (χ1) is 6.15. The van der Waals surface area contributed by atoms with Gasteiger partial charge in [-0.3, -0.25) is 4.79 Å². The fourth-order valence-electron chi connectivity index (χ4n) is 1.12. The molecule has 74 valence electrons. The Bertz CT molecular complexity index is 217. The third kappa shape index (κ3) is 2.34. The molecular formula is C8H15N3O2. The Morgan fingerprint density at radius 3 is 2.85 bits per heavy atom. The minimum absolute atomic E-state index is 0.0143. The lowest BCUT2D eigenvalue weighted by atomic mass is 10.4. The summed E-state index contributed by atoms with van der Waals surface area (Å²) in [6.45, 7) is 4.04. The quantitative estimate of drug-likeness (QED) is 0.644. The molecule has 0 atom stereocenters. The molecular weight excluding hydrogens is 170 g/mol. The molecule has 0 aromatic heterocycles. The van der Waals surface area contributed by atoms with Crippen LogP contribution in [0.4, 0.5) is 4.79 Å². The van der Waals surface area contributed by atoms with Crippen LogP contribution in [0.1, 0.15) is 6.92 Å². The molecule has 3 amide bonds. The van der Waals surface area contributed by atoms with Gasteiger partial charge in [-0.15, -0.1) is 0 Å². The molecule has 1 fully saturated rings. The van der Waals surface area contributed by atoms with Gasteiger partial charge in [-0.1, -0.05) is 0 Å². The molecule has 1 saturated heterocycles. The van der Waals surface area contributed by atoms with Gasteiger partial charge in [0.2, 0.25) is 5.91 Å². The molecule has 0 unspecified atom stereocenters. The fraction of sp³-hybridized carbons (Fsp3) is 0.750. The SMILES string of the molecule is CCN(C)C(=O)CN1CCNC1=O. The number of urea groups is 1. The molecule has 0 aromatic rings. The number of rotatable bonds is 3. The molecule has 1 aliphatic heterocycles. The second-order valence-electron chi connectivity index (χ2n) is 3.06. The van der Waals surface area contributed by atoms with Crippen LogP contribution in [0.15, 0.2) is 0 Å². The Labute approximate surface area is 77.7 Å². The van der Waals surface area contributed by atoms with E-state index in [0.29, 0.717) is 19.6 Å². The summed E-state index contributed by atoms with van der Waals surface area (Å²) in [5.74, 6) is -0.0143. The van der Waals surface area contributed by atoms with Crippen molar-refractivity contribution >= 4 is 11.9 Å². The normalized spacial score (nSPS) is 15.8. The van der Waals surface area contributed by atoms with Crippen molar-refractivity contribution in [2.45, 2.75) is 6.92 Å². The fourth-order valence-corrected chi connectivity index (χ4v) is 1.12. The number of likely N-dealkylation sites (N-methyl/N-ethyl adjacent to an activating group) is 1. The van der Waals surface area contributed by atoms with E-state index in [-0.39, 0.29) is 18.5 Å². The number of hydrogen-bond acceptors (Lipinski definition) is 2. The van der Waals surface area contributed by atoms with Crippen LogP contribution in [0, 0.1) is 0 Å². The topological polar surface area (TPSA) is 52.7 Å². The molecule has 0 bridgehead atoms. The largest absolute Gasteiger partial charge is 0.345 e. The standard InChI is InChI=1S/C8H15N3O2/c1-3-10(2)7(12)6-11-5-4-9-8(11)13/h3-6H2,1-2H3,(H,9,13). The highest BCUT2D eigenvalue weighted by atomic mass is 16.2. The molecule has 1 rings (SSSR count). The van der Waals surface area contributed by atoms with Crippen molar-refractivity contribution in [1.82, 2.24) is 15.1 Å². The summed E-state index contributed by atoms with van der Waals surface area (Å²) in [4.78, 5) is 25.6. The van der Waals surface area contributed by atoms with Gasteiger partial charge in [0, 0.05) is 26.7 Å². The van der Waals surface area contributed by atoms with Crippen molar-refractivity contribution < 1.29 is 9.59 Å². The number of hydrogen-bond donors (Lipinski definition) is 1. The predicted octanol–water partition coefficient (Wildman–Crippen LogP) is -0.510. The number of nitrogens with zero attached hydrogens (tertiary/aromatic N) is 2. The third-order valence-electron chi connectivity index (χ3n) is 2.17. The molecule has 0 aromatic carbocycles. The van der Waals surface area contributed by atoms with Crippen molar-refractivity contribution in [3.05, 3.63) is 0 Å². The number of carbonyl (C=O) groups is 2. The summed E-state index contributed by atoms with van der Waals surface area (Å²) < 4.78 is 0. The predicted molar refractivity (Wildman–Crippen MR) is 48.3 cm³/mol. The van der Waals surface area contributed by atoms with Gasteiger partial charge < -0.3 is 15.1 Å². The third-order valence-corrected chi connectivity index (χ3v) is 2.17. The van der Waals surface area contributed by atoms with Crippen LogP contribution in [-0.2, 0) is 4.79 Å². The van der Waals surface area contributed by atoms with Gasteiger partial charge in [-0.25, -0.2) is 4.79 Å². The molecule has 1 N–H and O–H groups in total. The zero-order chi connectivity index (χ0) is 9.84. The Balaban J connectivity index is 2.39. The molecule has 0 aliphatic carbocycles. The van der Waals surface area contributed by atoms with E-state index in [2.05, 4.69) is 5.32 Å². The Hall–Kier alpha value is -1.26. The maximum atomic E-state index is 11.4. The molecule has 0 spiro atoms. The van der Waals surface area contributed by atoms with E-state index < -0.39 is 0 Å². The zero-order valence-electron chi connectivity index (χ0n) is 8.04. The monoisotopic (exact) mass is 185 g/mol. The zero-order valence-corrected chi connectivity index (χ0v) is 8.04. The average molecular weight is 185 g/mol. The number of amides is 3. The van der Waals surface area contributed by atoms with Gasteiger partial charge in [0.25, 0.3) is 0 Å². The van der Waals surface area contributed by atoms with E-state index in [1.54, 1.807) is 11.9 Å². The van der Waals surface area contributed by atoms with Crippen LogP contribution >= 0.6 is 0 Å². The number of carbonyl (C=O) groups excluding carboxylic acids is 2. The van der Waals surface area contributed by atoms with Crippen molar-refractivity contribution in [1.29, 1.82) is 0 Å². The van der Waals surface area contributed by atoms with Crippen LogP contribution in [0.5, 0.6) is 0 Å². The maximum Gasteiger partial charge on any atom is 0.317 e. The van der Waals surface area contributed by atoms with E-state index in [1.807, 2.05) is 6.92 Å². The summed E-state index contributed by atoms with van der Waals surface area (Å²) >= 11 is 0. The molecule has 0 saturated carbocycles. The first-order valence-corrected chi connectivity index (χ1v) is 4.42. The van der Waals surface area contributed by atoms with Crippen LogP contribution in [0.3, 0.4) is 0 Å². The van der Waals surface area contributed by atoms with Gasteiger partial charge in [0.05, 0.1) is 0 Å². The lowest BCUT2D eigenvalue weighted by Gasteiger charge is -2.19. The van der Waals surface area contributed by atoms with Crippen molar-refractivity contribution in [2.24, 2.45) is 0 Å². The molecule has 5 nitrogen and oxygen atoms in total. The summed E-state index contributed by atoms with van der Waals surface area (Å²) in [6.07, 6.45) is 0. The van der Waals surface area contributed by atoms with Crippen molar-refractivity contribution in [2.75, 3.05) is 33.2 Å². The lowest BCUT2D eigenvalue weighted by molar-refractivity contribution is -0.130. The van der Waals surface area contributed by atoms with Crippen LogP contribution < -0.4 is 5.32 Å². The highest BCUT2D eigenvalue weighted by Gasteiger charge is 2.22. The molecule has 1 heterocycles. The Kier molecular flexibility index (Phi) is 3.11. The van der Waals surface area contributed by atoms with E-state index in [4.69, 9.17) is 0 Å². The van der Waals surface area contributed by atoms with E-state index >= 15 is 0 Å². The van der Waals surface area contributed by atoms with Crippen molar-refractivity contribution in [3.8, 4) is 0 Å². The van der Waals surface area contributed by atoms with Gasteiger partial charge in [-0.2, -0.15) is 0 Å². The highest BCUT2D eigenvalue weighted by molar-refractivity contribution is 5.84. The van der Waals surface area contributed by atoms with Crippen LogP contribution in [0.25, 0.3) is 0 Å². The summed E-state index contributed by atoms with van der Waals surface area (Å²) in [6, 6.07) is -0.141. The maximum absolute atomic E-state index is 11.4. The Morgan fingerprint density at radius 2 is 2.38 bits per heavy atom. The average Bonchev–Trinajstić information content (AvgIpc) is 2.50. The van der Waals surface area contributed by atoms with E-state index in [0.717, 1.165) is 0 Å². The van der Waals surface area contributed by atoms with Gasteiger partial charge in [0.1, 0.15) is 6.54 Å². The summed E-state index contributed by atoms with van der Waals surface area (Å²) in [5, 5.41) is 2.65. The smallest absolute Gasteiger partial charge is 0.317 e. The van der Waals surface area contributed by atoms with Gasteiger partial charge in [-0.05, 0) is 6.92 Å². The lowest BCUT2D eigenvalue weighted by Crippen LogP contribution is -2.39. The molecule has 0 radical (unpaired) electrons. The second-order valence-corrected chi connectivity index (χ2v) is 3.06. The summed E-state index contributed by atoms with van der Waals surface area (Å²) in [7, 11) is 1.73. The second kappa shape index (κ2) is 4.11. The van der Waals surface area contributed by atoms with E-state index in [9.17, 15) is 9.59 Å². The molecule has 13 heavy (non-hydrogen) atoms. The Morgan fingerprint density at radius 1 is 1.69 bits per heavy atom. The highest BCUT2D eigenvalue weighted by Crippen LogP contribution is 1.97. The van der Waals surface area contributed by atoms with Gasteiger partial charge in [0.15, 0.2) is 0 Å². The minimum atomic E-state index is -0.141. The van der Waals surface area contributed by atoms with Crippen LogP contribution in [-0.4, -0.2) is 55.0 Å². The first-order valence-electron chi connectivity index (χ1n) is 4.42. The van der Waals surface area contributed by atoms with E-state index in [1.165, 1.54) is 4.90 Å².